The van der Waals surface area contributed by atoms with Crippen LogP contribution in [-0.2, 0) is 9.31 Å². The highest BCUT2D eigenvalue weighted by Crippen LogP contribution is 2.37. The second-order valence-electron chi connectivity index (χ2n) is 7.19. The smallest absolute Gasteiger partial charge is 0.399 e. The normalized spacial score (nSPS) is 26.5. The molecule has 2 heterocycles. The molecule has 0 spiro atoms. The van der Waals surface area contributed by atoms with Crippen LogP contribution < -0.4 is 5.46 Å². The first-order valence-corrected chi connectivity index (χ1v) is 7.90. The van der Waals surface area contributed by atoms with E-state index in [9.17, 15) is 0 Å². The summed E-state index contributed by atoms with van der Waals surface area (Å²) in [7, 11) is -0.310. The molecule has 0 amide bonds. The number of likely N-dealkylation sites (tertiary alicyclic amines) is 1. The molecule has 1 unspecified atom stereocenters. The maximum atomic E-state index is 8.83. The number of nitrogens with zero attached hydrogens (tertiary/aromatic N) is 2. The highest BCUT2D eigenvalue weighted by Gasteiger charge is 2.51. The molecule has 0 aromatic heterocycles. The van der Waals surface area contributed by atoms with Crippen LogP contribution in [0.1, 0.15) is 45.7 Å². The first-order valence-electron chi connectivity index (χ1n) is 7.90. The zero-order valence-electron chi connectivity index (χ0n) is 13.8. The molecule has 0 saturated carbocycles. The summed E-state index contributed by atoms with van der Waals surface area (Å²) >= 11 is 0. The number of rotatable bonds is 3. The zero-order chi connectivity index (χ0) is 16.0. The van der Waals surface area contributed by atoms with E-state index < -0.39 is 0 Å². The van der Waals surface area contributed by atoms with Gasteiger partial charge < -0.3 is 9.31 Å². The van der Waals surface area contributed by atoms with Crippen LogP contribution in [0.5, 0.6) is 0 Å². The average molecular weight is 298 g/mol. The highest BCUT2D eigenvalue weighted by molar-refractivity contribution is 6.62. The van der Waals surface area contributed by atoms with Gasteiger partial charge in [-0.1, -0.05) is 24.3 Å². The van der Waals surface area contributed by atoms with Gasteiger partial charge in [-0.15, -0.1) is 0 Å². The molecular weight excluding hydrogens is 275 g/mol. The van der Waals surface area contributed by atoms with Crippen molar-refractivity contribution < 1.29 is 9.31 Å². The van der Waals surface area contributed by atoms with Gasteiger partial charge in [0, 0.05) is 12.6 Å². The van der Waals surface area contributed by atoms with Crippen LogP contribution in [0.2, 0.25) is 0 Å². The van der Waals surface area contributed by atoms with Gasteiger partial charge >= 0.3 is 7.12 Å². The molecule has 22 heavy (non-hydrogen) atoms. The van der Waals surface area contributed by atoms with Gasteiger partial charge in [-0.3, -0.25) is 4.90 Å². The van der Waals surface area contributed by atoms with Crippen LogP contribution in [0.25, 0.3) is 0 Å². The van der Waals surface area contributed by atoms with Crippen molar-refractivity contribution in [1.29, 1.82) is 5.26 Å². The van der Waals surface area contributed by atoms with Gasteiger partial charge in [0.1, 0.15) is 0 Å². The van der Waals surface area contributed by atoms with E-state index in [1.54, 1.807) is 0 Å². The molecule has 1 aromatic carbocycles. The molecule has 0 N–H and O–H groups in total. The van der Waals surface area contributed by atoms with Crippen molar-refractivity contribution in [3.8, 4) is 6.07 Å². The summed E-state index contributed by atoms with van der Waals surface area (Å²) in [5, 5.41) is 8.83. The Morgan fingerprint density at radius 2 is 1.77 bits per heavy atom. The molecule has 1 aromatic rings. The quantitative estimate of drug-likeness (QED) is 0.634. The number of nitriles is 1. The Labute approximate surface area is 133 Å². The molecule has 2 aliphatic heterocycles. The van der Waals surface area contributed by atoms with E-state index in [4.69, 9.17) is 14.6 Å². The Kier molecular flexibility index (Phi) is 3.80. The number of benzene rings is 1. The molecule has 116 valence electrons. The standard InChI is InChI=1S/C17H23BN2O2/c1-16(2)17(3,4)22-18(21-16)14-7-5-13(6-8-14)15-9-11-20(15)12-10-19/h5-8,15H,9,11-12H2,1-4H3. The van der Waals surface area contributed by atoms with E-state index in [1.807, 2.05) is 0 Å². The van der Waals surface area contributed by atoms with Gasteiger partial charge in [0.25, 0.3) is 0 Å². The predicted octanol–water partition coefficient (Wildman–Crippen LogP) is 2.26. The van der Waals surface area contributed by atoms with E-state index in [1.165, 1.54) is 5.56 Å². The van der Waals surface area contributed by atoms with Crippen LogP contribution in [0.3, 0.4) is 0 Å². The topological polar surface area (TPSA) is 45.5 Å². The Balaban J connectivity index is 1.72. The van der Waals surface area contributed by atoms with Gasteiger partial charge in [0.15, 0.2) is 0 Å². The van der Waals surface area contributed by atoms with Crippen LogP contribution in [-0.4, -0.2) is 36.3 Å². The Hall–Kier alpha value is -1.35. The lowest BCUT2D eigenvalue weighted by Gasteiger charge is -2.39. The minimum absolute atomic E-state index is 0.310. The summed E-state index contributed by atoms with van der Waals surface area (Å²) in [5.41, 5.74) is 1.69. The van der Waals surface area contributed by atoms with E-state index >= 15 is 0 Å². The van der Waals surface area contributed by atoms with E-state index in [0.717, 1.165) is 18.4 Å². The van der Waals surface area contributed by atoms with Crippen molar-refractivity contribution in [3.63, 3.8) is 0 Å². The van der Waals surface area contributed by atoms with E-state index in [2.05, 4.69) is 62.9 Å². The summed E-state index contributed by atoms with van der Waals surface area (Å²) in [6.07, 6.45) is 1.12. The lowest BCUT2D eigenvalue weighted by molar-refractivity contribution is 0.00578. The summed E-state index contributed by atoms with van der Waals surface area (Å²) in [6.45, 7) is 9.77. The van der Waals surface area contributed by atoms with E-state index in [-0.39, 0.29) is 18.3 Å². The fourth-order valence-corrected chi connectivity index (χ4v) is 2.95. The summed E-state index contributed by atoms with van der Waals surface area (Å²) < 4.78 is 12.1. The SMILES string of the molecule is CC1(C)OB(c2ccc(C3CCN3CC#N)cc2)OC1(C)C. The van der Waals surface area contributed by atoms with Gasteiger partial charge in [0.2, 0.25) is 0 Å². The van der Waals surface area contributed by atoms with Crippen LogP contribution in [0.4, 0.5) is 0 Å². The van der Waals surface area contributed by atoms with Crippen molar-refractivity contribution >= 4 is 12.6 Å². The molecule has 2 saturated heterocycles. The van der Waals surface area contributed by atoms with Gasteiger partial charge in [-0.2, -0.15) is 5.26 Å². The second-order valence-corrected chi connectivity index (χ2v) is 7.19. The van der Waals surface area contributed by atoms with Crippen LogP contribution in [0, 0.1) is 11.3 Å². The Morgan fingerprint density at radius 1 is 1.18 bits per heavy atom. The molecule has 4 nitrogen and oxygen atoms in total. The highest BCUT2D eigenvalue weighted by atomic mass is 16.7. The van der Waals surface area contributed by atoms with Crippen molar-refractivity contribution in [1.82, 2.24) is 4.90 Å². The number of hydrogen-bond acceptors (Lipinski definition) is 4. The largest absolute Gasteiger partial charge is 0.494 e. The third kappa shape index (κ3) is 2.56. The maximum absolute atomic E-state index is 8.83. The van der Waals surface area contributed by atoms with Crippen LogP contribution >= 0.6 is 0 Å². The van der Waals surface area contributed by atoms with Gasteiger partial charge in [-0.25, -0.2) is 0 Å². The third-order valence-corrected chi connectivity index (χ3v) is 5.25. The van der Waals surface area contributed by atoms with Crippen molar-refractivity contribution in [3.05, 3.63) is 29.8 Å². The molecule has 2 aliphatic rings. The molecule has 0 bridgehead atoms. The van der Waals surface area contributed by atoms with Crippen molar-refractivity contribution in [2.75, 3.05) is 13.1 Å². The minimum atomic E-state index is -0.312. The molecule has 0 aliphatic carbocycles. The Bertz CT molecular complexity index is 576. The van der Waals surface area contributed by atoms with Gasteiger partial charge in [-0.05, 0) is 45.1 Å². The lowest BCUT2D eigenvalue weighted by atomic mass is 9.78. The molecule has 3 rings (SSSR count). The number of hydrogen-bond donors (Lipinski definition) is 0. The maximum Gasteiger partial charge on any atom is 0.494 e. The monoisotopic (exact) mass is 298 g/mol. The molecular formula is C17H23BN2O2. The first kappa shape index (κ1) is 15.5. The Morgan fingerprint density at radius 3 is 2.23 bits per heavy atom. The zero-order valence-corrected chi connectivity index (χ0v) is 13.8. The first-order chi connectivity index (χ1) is 10.3. The molecule has 0 radical (unpaired) electrons. The van der Waals surface area contributed by atoms with Crippen LogP contribution in [0.15, 0.2) is 24.3 Å². The van der Waals surface area contributed by atoms with Gasteiger partial charge in [0.05, 0.1) is 23.8 Å². The summed E-state index contributed by atoms with van der Waals surface area (Å²) in [4.78, 5) is 2.20. The minimum Gasteiger partial charge on any atom is -0.399 e. The predicted molar refractivity (Wildman–Crippen MR) is 86.7 cm³/mol. The molecule has 1 atom stereocenters. The average Bonchev–Trinajstić information content (AvgIpc) is 2.64. The lowest BCUT2D eigenvalue weighted by Crippen LogP contribution is -2.41. The fraction of sp³-hybridized carbons (Fsp3) is 0.588. The third-order valence-electron chi connectivity index (χ3n) is 5.25. The fourth-order valence-electron chi connectivity index (χ4n) is 2.95. The second kappa shape index (κ2) is 5.38. The van der Waals surface area contributed by atoms with E-state index in [0.29, 0.717) is 12.6 Å². The molecule has 2 fully saturated rings. The summed E-state index contributed by atoms with van der Waals surface area (Å²) in [5.74, 6) is 0. The van der Waals surface area contributed by atoms with Crippen molar-refractivity contribution in [2.24, 2.45) is 0 Å². The van der Waals surface area contributed by atoms with Crippen molar-refractivity contribution in [2.45, 2.75) is 51.4 Å². The molecule has 5 heteroatoms. The summed E-state index contributed by atoms with van der Waals surface area (Å²) in [6, 6.07) is 11.0.